The monoisotopic (exact) mass is 322 g/mol. The molecule has 0 fully saturated rings. The number of rotatable bonds is 5. The number of carboxylic acids is 1. The summed E-state index contributed by atoms with van der Waals surface area (Å²) in [6, 6.07) is 0.838. The van der Waals surface area contributed by atoms with Crippen molar-refractivity contribution in [2.75, 3.05) is 20.6 Å². The second-order valence-electron chi connectivity index (χ2n) is 4.19. The molecule has 2 N–H and O–H groups in total. The predicted octanol–water partition coefficient (Wildman–Crippen LogP) is 0.0295. The van der Waals surface area contributed by atoms with Crippen molar-refractivity contribution in [1.29, 1.82) is 0 Å². The van der Waals surface area contributed by atoms with E-state index in [-0.39, 0.29) is 0 Å². The van der Waals surface area contributed by atoms with E-state index in [0.717, 1.165) is 4.90 Å². The van der Waals surface area contributed by atoms with Crippen molar-refractivity contribution in [1.82, 2.24) is 9.62 Å². The van der Waals surface area contributed by atoms with Crippen molar-refractivity contribution in [3.8, 4) is 0 Å². The molecule has 0 heterocycles. The van der Waals surface area contributed by atoms with E-state index in [1.165, 1.54) is 14.1 Å². The molecule has 1 aromatic rings. The quantitative estimate of drug-likeness (QED) is 0.796. The van der Waals surface area contributed by atoms with E-state index >= 15 is 0 Å². The Hall–Kier alpha value is -2.07. The van der Waals surface area contributed by atoms with Gasteiger partial charge in [0.25, 0.3) is 0 Å². The van der Waals surface area contributed by atoms with E-state index < -0.39 is 50.5 Å². The Bertz CT molecular complexity index is 688. The summed E-state index contributed by atoms with van der Waals surface area (Å²) in [6.07, 6.45) is 0. The number of amides is 1. The maximum Gasteiger partial charge on any atom is 0.335 e. The highest BCUT2D eigenvalue weighted by atomic mass is 32.2. The number of carboxylic acid groups (broad SMARTS) is 1. The standard InChI is InChI=1S/C11H12F2N2O5S/c1-15(2)9(16)5-14-21(19,20)8-4-6(11(17)18)3-7(12)10(8)13/h3-4,14H,5H2,1-2H3,(H,17,18). The molecule has 7 nitrogen and oxygen atoms in total. The van der Waals surface area contributed by atoms with Gasteiger partial charge in [-0.3, -0.25) is 4.79 Å². The van der Waals surface area contributed by atoms with Crippen molar-refractivity contribution >= 4 is 21.9 Å². The summed E-state index contributed by atoms with van der Waals surface area (Å²) >= 11 is 0. The number of likely N-dealkylation sites (N-methyl/N-ethyl adjacent to an activating group) is 1. The Morgan fingerprint density at radius 2 is 1.86 bits per heavy atom. The van der Waals surface area contributed by atoms with Crippen molar-refractivity contribution < 1.29 is 31.9 Å². The number of hydrogen-bond acceptors (Lipinski definition) is 4. The smallest absolute Gasteiger partial charge is 0.335 e. The van der Waals surface area contributed by atoms with Crippen LogP contribution in [0.3, 0.4) is 0 Å². The van der Waals surface area contributed by atoms with Gasteiger partial charge in [0.05, 0.1) is 12.1 Å². The molecule has 0 bridgehead atoms. The number of carbonyl (C=O) groups excluding carboxylic acids is 1. The van der Waals surface area contributed by atoms with Gasteiger partial charge in [-0.25, -0.2) is 26.7 Å². The van der Waals surface area contributed by atoms with E-state index in [1.807, 2.05) is 0 Å². The van der Waals surface area contributed by atoms with Gasteiger partial charge in [-0.15, -0.1) is 0 Å². The van der Waals surface area contributed by atoms with E-state index in [4.69, 9.17) is 5.11 Å². The van der Waals surface area contributed by atoms with Crippen LogP contribution in [0, 0.1) is 11.6 Å². The number of hydrogen-bond donors (Lipinski definition) is 2. The van der Waals surface area contributed by atoms with Crippen LogP contribution in [-0.4, -0.2) is 50.9 Å². The SMILES string of the molecule is CN(C)C(=O)CNS(=O)(=O)c1cc(C(=O)O)cc(F)c1F. The molecule has 1 rings (SSSR count). The Balaban J connectivity index is 3.19. The van der Waals surface area contributed by atoms with Crippen LogP contribution in [-0.2, 0) is 14.8 Å². The second-order valence-corrected chi connectivity index (χ2v) is 5.92. The third-order valence-electron chi connectivity index (χ3n) is 2.44. The Morgan fingerprint density at radius 1 is 1.29 bits per heavy atom. The first-order valence-corrected chi connectivity index (χ1v) is 6.96. The first-order valence-electron chi connectivity index (χ1n) is 5.48. The molecule has 21 heavy (non-hydrogen) atoms. The summed E-state index contributed by atoms with van der Waals surface area (Å²) in [7, 11) is -1.82. The topological polar surface area (TPSA) is 104 Å². The Labute approximate surface area is 119 Å². The minimum Gasteiger partial charge on any atom is -0.478 e. The number of nitrogens with one attached hydrogen (secondary N) is 1. The van der Waals surface area contributed by atoms with Gasteiger partial charge in [0, 0.05) is 14.1 Å². The molecule has 1 aromatic carbocycles. The van der Waals surface area contributed by atoms with Gasteiger partial charge in [0.1, 0.15) is 4.90 Å². The van der Waals surface area contributed by atoms with Gasteiger partial charge < -0.3 is 10.0 Å². The average molecular weight is 322 g/mol. The number of benzene rings is 1. The molecule has 0 atom stereocenters. The lowest BCUT2D eigenvalue weighted by Gasteiger charge is -2.12. The molecular formula is C11H12F2N2O5S. The zero-order valence-corrected chi connectivity index (χ0v) is 11.9. The highest BCUT2D eigenvalue weighted by Crippen LogP contribution is 2.19. The third-order valence-corrected chi connectivity index (χ3v) is 3.84. The second kappa shape index (κ2) is 6.14. The summed E-state index contributed by atoms with van der Waals surface area (Å²) in [5.41, 5.74) is -0.729. The summed E-state index contributed by atoms with van der Waals surface area (Å²) in [4.78, 5) is 21.9. The summed E-state index contributed by atoms with van der Waals surface area (Å²) < 4.78 is 52.2. The molecule has 0 aliphatic rings. The summed E-state index contributed by atoms with van der Waals surface area (Å²) in [6.45, 7) is -0.673. The van der Waals surface area contributed by atoms with Crippen LogP contribution >= 0.6 is 0 Å². The van der Waals surface area contributed by atoms with Crippen molar-refractivity contribution in [2.45, 2.75) is 4.90 Å². The van der Waals surface area contributed by atoms with E-state index in [1.54, 1.807) is 4.72 Å². The van der Waals surface area contributed by atoms with Crippen LogP contribution in [0.2, 0.25) is 0 Å². The maximum absolute atomic E-state index is 13.5. The van der Waals surface area contributed by atoms with Gasteiger partial charge in [-0.05, 0) is 12.1 Å². The molecule has 0 unspecified atom stereocenters. The molecule has 0 saturated heterocycles. The third kappa shape index (κ3) is 3.95. The van der Waals surface area contributed by atoms with E-state index in [2.05, 4.69) is 0 Å². The van der Waals surface area contributed by atoms with Crippen LogP contribution in [0.4, 0.5) is 8.78 Å². The molecule has 0 radical (unpaired) electrons. The molecule has 0 saturated carbocycles. The number of nitrogens with zero attached hydrogens (tertiary/aromatic N) is 1. The number of sulfonamides is 1. The zero-order chi connectivity index (χ0) is 16.4. The van der Waals surface area contributed by atoms with Crippen LogP contribution < -0.4 is 4.72 Å². The molecule has 0 aromatic heterocycles. The van der Waals surface area contributed by atoms with Crippen molar-refractivity contribution in [3.05, 3.63) is 29.3 Å². The Morgan fingerprint density at radius 3 is 2.33 bits per heavy atom. The predicted molar refractivity (Wildman–Crippen MR) is 67.2 cm³/mol. The highest BCUT2D eigenvalue weighted by molar-refractivity contribution is 7.89. The molecule has 0 spiro atoms. The lowest BCUT2D eigenvalue weighted by molar-refractivity contribution is -0.127. The average Bonchev–Trinajstić information content (AvgIpc) is 2.38. The van der Waals surface area contributed by atoms with Crippen LogP contribution in [0.1, 0.15) is 10.4 Å². The van der Waals surface area contributed by atoms with Crippen LogP contribution in [0.5, 0.6) is 0 Å². The highest BCUT2D eigenvalue weighted by Gasteiger charge is 2.25. The van der Waals surface area contributed by atoms with Crippen molar-refractivity contribution in [3.63, 3.8) is 0 Å². The fourth-order valence-corrected chi connectivity index (χ4v) is 2.36. The maximum atomic E-state index is 13.5. The van der Waals surface area contributed by atoms with Gasteiger partial charge in [-0.1, -0.05) is 0 Å². The first-order chi connectivity index (χ1) is 9.56. The van der Waals surface area contributed by atoms with E-state index in [9.17, 15) is 26.8 Å². The fraction of sp³-hybridized carbons (Fsp3) is 0.273. The Kier molecular flexibility index (Phi) is 4.97. The van der Waals surface area contributed by atoms with Crippen molar-refractivity contribution in [2.24, 2.45) is 0 Å². The fourth-order valence-electron chi connectivity index (χ4n) is 1.28. The lowest BCUT2D eigenvalue weighted by Crippen LogP contribution is -2.36. The molecule has 0 aliphatic carbocycles. The summed E-state index contributed by atoms with van der Waals surface area (Å²) in [5, 5.41) is 8.72. The molecule has 1 amide bonds. The van der Waals surface area contributed by atoms with Crippen LogP contribution in [0.15, 0.2) is 17.0 Å². The molecule has 10 heteroatoms. The summed E-state index contributed by atoms with van der Waals surface area (Å²) in [5.74, 6) is -5.57. The van der Waals surface area contributed by atoms with Crippen LogP contribution in [0.25, 0.3) is 0 Å². The normalized spacial score (nSPS) is 11.2. The minimum atomic E-state index is -4.57. The number of aromatic carboxylic acids is 1. The lowest BCUT2D eigenvalue weighted by atomic mass is 10.2. The van der Waals surface area contributed by atoms with Gasteiger partial charge in [-0.2, -0.15) is 0 Å². The van der Waals surface area contributed by atoms with E-state index in [0.29, 0.717) is 12.1 Å². The van der Waals surface area contributed by atoms with Gasteiger partial charge in [0.15, 0.2) is 11.6 Å². The molecule has 0 aliphatic heterocycles. The number of halogens is 2. The molecule has 116 valence electrons. The van der Waals surface area contributed by atoms with Gasteiger partial charge >= 0.3 is 5.97 Å². The number of carbonyl (C=O) groups is 2. The zero-order valence-electron chi connectivity index (χ0n) is 11.1. The minimum absolute atomic E-state index is 0.363. The first kappa shape index (κ1) is 17.0. The largest absolute Gasteiger partial charge is 0.478 e. The van der Waals surface area contributed by atoms with Gasteiger partial charge in [0.2, 0.25) is 15.9 Å². The molecular weight excluding hydrogens is 310 g/mol.